The van der Waals surface area contributed by atoms with Gasteiger partial charge >= 0.3 is 0 Å². The van der Waals surface area contributed by atoms with Crippen LogP contribution >= 0.6 is 0 Å². The molecule has 3 aromatic carbocycles. The highest BCUT2D eigenvalue weighted by Gasteiger charge is 2.24. The fourth-order valence-corrected chi connectivity index (χ4v) is 4.22. The Bertz CT molecular complexity index is 1350. The molecule has 1 aliphatic heterocycles. The Labute approximate surface area is 194 Å². The fourth-order valence-electron chi connectivity index (χ4n) is 4.22. The third kappa shape index (κ3) is 4.50. The summed E-state index contributed by atoms with van der Waals surface area (Å²) in [6.07, 6.45) is 0.421. The number of para-hydroxylation sites is 1. The van der Waals surface area contributed by atoms with Crippen LogP contribution in [0.5, 0.6) is 0 Å². The van der Waals surface area contributed by atoms with Crippen molar-refractivity contribution in [3.8, 4) is 0 Å². The van der Waals surface area contributed by atoms with Gasteiger partial charge in [0.1, 0.15) is 23.7 Å². The number of benzene rings is 3. The van der Waals surface area contributed by atoms with Gasteiger partial charge in [-0.2, -0.15) is 0 Å². The number of anilines is 1. The molecule has 2 heterocycles. The lowest BCUT2D eigenvalue weighted by atomic mass is 9.98. The van der Waals surface area contributed by atoms with E-state index >= 15 is 0 Å². The number of aromatic nitrogens is 3. The third-order valence-electron chi connectivity index (χ3n) is 5.92. The summed E-state index contributed by atoms with van der Waals surface area (Å²) in [4.78, 5) is 26.4. The summed E-state index contributed by atoms with van der Waals surface area (Å²) in [7, 11) is 0. The zero-order chi connectivity index (χ0) is 23.7. The molecule has 5 rings (SSSR count). The molecule has 2 amide bonds. The van der Waals surface area contributed by atoms with Crippen molar-refractivity contribution in [1.29, 1.82) is 0 Å². The van der Waals surface area contributed by atoms with E-state index in [-0.39, 0.29) is 30.8 Å². The van der Waals surface area contributed by atoms with Crippen LogP contribution in [0.1, 0.15) is 23.5 Å². The first kappa shape index (κ1) is 21.7. The number of nitrogens with zero attached hydrogens (tertiary/aromatic N) is 4. The fraction of sp³-hybridized carbons (Fsp3) is 0.200. The number of hydrogen-bond acceptors (Lipinski definition) is 4. The Morgan fingerprint density at radius 2 is 1.79 bits per heavy atom. The monoisotopic (exact) mass is 461 g/mol. The van der Waals surface area contributed by atoms with Crippen LogP contribution < -0.4 is 10.2 Å². The molecule has 0 spiro atoms. The number of hydrogen-bond donors (Lipinski definition) is 1. The Balaban J connectivity index is 1.45. The Morgan fingerprint density at radius 1 is 1.06 bits per heavy atom. The average molecular weight is 461 g/mol. The van der Waals surface area contributed by atoms with Crippen molar-refractivity contribution in [2.24, 2.45) is 0 Å². The lowest BCUT2D eigenvalue weighted by molar-refractivity contribution is -0.120. The molecule has 1 saturated heterocycles. The molecule has 0 saturated carbocycles. The van der Waals surface area contributed by atoms with Crippen molar-refractivity contribution < 1.29 is 18.4 Å². The van der Waals surface area contributed by atoms with Crippen LogP contribution in [0.2, 0.25) is 0 Å². The van der Waals surface area contributed by atoms with Crippen molar-refractivity contribution in [3.63, 3.8) is 0 Å². The highest BCUT2D eigenvalue weighted by molar-refractivity contribution is 5.94. The Morgan fingerprint density at radius 3 is 2.50 bits per heavy atom. The zero-order valence-corrected chi connectivity index (χ0v) is 18.1. The second-order valence-corrected chi connectivity index (χ2v) is 8.29. The maximum atomic E-state index is 13.8. The van der Waals surface area contributed by atoms with E-state index in [2.05, 4.69) is 15.6 Å². The number of amides is 2. The first-order chi connectivity index (χ1) is 16.5. The number of carbonyl (C=O) groups is 2. The number of rotatable bonds is 6. The molecule has 1 N–H and O–H groups in total. The van der Waals surface area contributed by atoms with E-state index in [1.54, 1.807) is 18.2 Å². The maximum absolute atomic E-state index is 13.8. The molecule has 4 aromatic rings. The number of fused-ring (bicyclic) bond motifs is 1. The molecule has 0 aliphatic carbocycles. The van der Waals surface area contributed by atoms with Gasteiger partial charge in [0.15, 0.2) is 0 Å². The summed E-state index contributed by atoms with van der Waals surface area (Å²) in [5.74, 6) is -1.65. The summed E-state index contributed by atoms with van der Waals surface area (Å²) < 4.78 is 29.1. The van der Waals surface area contributed by atoms with E-state index < -0.39 is 11.6 Å². The summed E-state index contributed by atoms with van der Waals surface area (Å²) in [5.41, 5.74) is 3.25. The van der Waals surface area contributed by atoms with Crippen molar-refractivity contribution in [1.82, 2.24) is 20.3 Å². The van der Waals surface area contributed by atoms with Gasteiger partial charge in [0.2, 0.25) is 11.8 Å². The van der Waals surface area contributed by atoms with E-state index in [0.717, 1.165) is 11.6 Å². The standard InChI is InChI=1S/C25H21F2N5O2/c26-19-9-16(10-20(27)12-19)14-31(21-7-5-17(6-8-21)18-11-24(33)28-13-18)25(34)15-32-23-4-2-1-3-22(23)29-30-32/h1-10,12,18H,11,13-15H2,(H,28,33). The van der Waals surface area contributed by atoms with Gasteiger partial charge in [-0.15, -0.1) is 5.10 Å². The Hall–Kier alpha value is -4.14. The maximum Gasteiger partial charge on any atom is 0.249 e. The first-order valence-electron chi connectivity index (χ1n) is 10.9. The second-order valence-electron chi connectivity index (χ2n) is 8.29. The molecule has 9 heteroatoms. The molecule has 172 valence electrons. The van der Waals surface area contributed by atoms with E-state index in [1.807, 2.05) is 30.3 Å². The van der Waals surface area contributed by atoms with Gasteiger partial charge in [0.05, 0.1) is 12.1 Å². The van der Waals surface area contributed by atoms with Crippen LogP contribution in [0.15, 0.2) is 66.7 Å². The molecule has 1 aromatic heterocycles. The summed E-state index contributed by atoms with van der Waals surface area (Å²) >= 11 is 0. The van der Waals surface area contributed by atoms with Crippen molar-refractivity contribution in [3.05, 3.63) is 89.5 Å². The van der Waals surface area contributed by atoms with Gasteiger partial charge < -0.3 is 10.2 Å². The first-order valence-corrected chi connectivity index (χ1v) is 10.9. The van der Waals surface area contributed by atoms with E-state index in [4.69, 9.17) is 0 Å². The van der Waals surface area contributed by atoms with Gasteiger partial charge in [0, 0.05) is 30.6 Å². The van der Waals surface area contributed by atoms with Crippen molar-refractivity contribution in [2.45, 2.75) is 25.4 Å². The molecular weight excluding hydrogens is 440 g/mol. The van der Waals surface area contributed by atoms with Crippen LogP contribution in [0, 0.1) is 11.6 Å². The smallest absolute Gasteiger partial charge is 0.249 e. The van der Waals surface area contributed by atoms with Gasteiger partial charge in [-0.3, -0.25) is 9.59 Å². The number of halogens is 2. The third-order valence-corrected chi connectivity index (χ3v) is 5.92. The van der Waals surface area contributed by atoms with Gasteiger partial charge in [-0.25, -0.2) is 13.5 Å². The predicted molar refractivity (Wildman–Crippen MR) is 122 cm³/mol. The lowest BCUT2D eigenvalue weighted by Gasteiger charge is -2.24. The minimum Gasteiger partial charge on any atom is -0.355 e. The summed E-state index contributed by atoms with van der Waals surface area (Å²) in [5, 5.41) is 11.0. The highest BCUT2D eigenvalue weighted by atomic mass is 19.1. The van der Waals surface area contributed by atoms with Gasteiger partial charge in [-0.05, 0) is 47.5 Å². The number of carbonyl (C=O) groups excluding carboxylic acids is 2. The van der Waals surface area contributed by atoms with Crippen LogP contribution in [-0.4, -0.2) is 33.4 Å². The Kier molecular flexibility index (Phi) is 5.75. The molecule has 1 aliphatic rings. The topological polar surface area (TPSA) is 80.1 Å². The van der Waals surface area contributed by atoms with Crippen molar-refractivity contribution >= 4 is 28.5 Å². The quantitative estimate of drug-likeness (QED) is 0.476. The lowest BCUT2D eigenvalue weighted by Crippen LogP contribution is -2.33. The SMILES string of the molecule is O=C1CC(c2ccc(N(Cc3cc(F)cc(F)c3)C(=O)Cn3nnc4ccccc43)cc2)CN1. The highest BCUT2D eigenvalue weighted by Crippen LogP contribution is 2.27. The minimum atomic E-state index is -0.710. The minimum absolute atomic E-state index is 0.0130. The van der Waals surface area contributed by atoms with Crippen LogP contribution in [0.3, 0.4) is 0 Å². The molecule has 1 atom stereocenters. The van der Waals surface area contributed by atoms with Crippen LogP contribution in [0.4, 0.5) is 14.5 Å². The van der Waals surface area contributed by atoms with Gasteiger partial charge in [-0.1, -0.05) is 29.5 Å². The molecular formula is C25H21F2N5O2. The molecule has 0 bridgehead atoms. The summed E-state index contributed by atoms with van der Waals surface area (Å²) in [6, 6.07) is 17.8. The molecule has 0 radical (unpaired) electrons. The second kappa shape index (κ2) is 9.01. The largest absolute Gasteiger partial charge is 0.355 e. The molecule has 34 heavy (non-hydrogen) atoms. The van der Waals surface area contributed by atoms with Gasteiger partial charge in [0.25, 0.3) is 0 Å². The van der Waals surface area contributed by atoms with E-state index in [1.165, 1.54) is 21.7 Å². The summed E-state index contributed by atoms with van der Waals surface area (Å²) in [6.45, 7) is 0.451. The predicted octanol–water partition coefficient (Wildman–Crippen LogP) is 3.55. The van der Waals surface area contributed by atoms with Crippen LogP contribution in [-0.2, 0) is 22.7 Å². The van der Waals surface area contributed by atoms with Crippen molar-refractivity contribution in [2.75, 3.05) is 11.4 Å². The zero-order valence-electron chi connectivity index (χ0n) is 18.1. The van der Waals surface area contributed by atoms with E-state index in [0.29, 0.717) is 35.2 Å². The molecule has 7 nitrogen and oxygen atoms in total. The molecule has 1 unspecified atom stereocenters. The number of nitrogens with one attached hydrogen (secondary N) is 1. The van der Waals surface area contributed by atoms with E-state index in [9.17, 15) is 18.4 Å². The normalized spacial score (nSPS) is 15.5. The molecule has 1 fully saturated rings. The average Bonchev–Trinajstić information content (AvgIpc) is 3.43. The van der Waals surface area contributed by atoms with Crippen LogP contribution in [0.25, 0.3) is 11.0 Å².